The number of nitrogens with one attached hydrogen (secondary N) is 1. The number of anilines is 1. The summed E-state index contributed by atoms with van der Waals surface area (Å²) in [4.78, 5) is 1.65. The van der Waals surface area contributed by atoms with Crippen molar-refractivity contribution in [3.05, 3.63) is 30.3 Å². The highest BCUT2D eigenvalue weighted by Crippen LogP contribution is 2.08. The fraction of sp³-hybridized carbons (Fsp3) is 0.125. The number of benzene rings is 1. The van der Waals surface area contributed by atoms with Crippen LogP contribution >= 0.6 is 0 Å². The van der Waals surface area contributed by atoms with Gasteiger partial charge < -0.3 is 10.6 Å². The van der Waals surface area contributed by atoms with Gasteiger partial charge in [-0.3, -0.25) is 5.41 Å². The van der Waals surface area contributed by atoms with Gasteiger partial charge >= 0.3 is 0 Å². The molecule has 3 nitrogen and oxygen atoms in total. The van der Waals surface area contributed by atoms with Crippen LogP contribution in [0.15, 0.2) is 30.3 Å². The summed E-state index contributed by atoms with van der Waals surface area (Å²) in [7, 11) is 0. The van der Waals surface area contributed by atoms with Crippen LogP contribution in [0.3, 0.4) is 0 Å². The molecule has 0 heterocycles. The molecule has 1 aromatic carbocycles. The van der Waals surface area contributed by atoms with Crippen LogP contribution in [0.4, 0.5) is 5.69 Å². The van der Waals surface area contributed by atoms with E-state index < -0.39 is 0 Å². The smallest absolute Gasteiger partial charge is 0.0872 e. The normalized spacial score (nSPS) is 9.18. The minimum absolute atomic E-state index is 0.341. The third-order valence-corrected chi connectivity index (χ3v) is 1.44. The van der Waals surface area contributed by atoms with E-state index in [1.165, 1.54) is 6.34 Å². The molecule has 0 spiro atoms. The summed E-state index contributed by atoms with van der Waals surface area (Å²) in [6, 6.07) is 9.60. The highest BCUT2D eigenvalue weighted by atomic mass is 15.2. The first-order valence-corrected chi connectivity index (χ1v) is 3.41. The van der Waals surface area contributed by atoms with Crippen molar-refractivity contribution in [3.63, 3.8) is 0 Å². The topological polar surface area (TPSA) is 53.1 Å². The van der Waals surface area contributed by atoms with Crippen molar-refractivity contribution in [2.45, 2.75) is 0 Å². The van der Waals surface area contributed by atoms with Crippen LogP contribution < -0.4 is 10.6 Å². The molecular weight excluding hydrogens is 138 g/mol. The van der Waals surface area contributed by atoms with Gasteiger partial charge in [-0.1, -0.05) is 18.2 Å². The highest BCUT2D eigenvalue weighted by Gasteiger charge is 1.96. The van der Waals surface area contributed by atoms with Crippen molar-refractivity contribution in [3.8, 4) is 0 Å². The summed E-state index contributed by atoms with van der Waals surface area (Å²) >= 11 is 0. The van der Waals surface area contributed by atoms with Crippen LogP contribution in [0.1, 0.15) is 0 Å². The molecule has 0 aliphatic carbocycles. The van der Waals surface area contributed by atoms with Gasteiger partial charge in [0, 0.05) is 5.69 Å². The molecular formula is C8H11N3. The van der Waals surface area contributed by atoms with E-state index in [1.807, 2.05) is 30.3 Å². The zero-order valence-corrected chi connectivity index (χ0v) is 6.20. The Morgan fingerprint density at radius 3 is 2.45 bits per heavy atom. The molecule has 3 heteroatoms. The summed E-state index contributed by atoms with van der Waals surface area (Å²) in [5.74, 6) is 0. The Bertz CT molecular complexity index is 220. The maximum atomic E-state index is 7.02. The Morgan fingerprint density at radius 2 is 2.00 bits per heavy atom. The molecule has 0 radical (unpaired) electrons. The third-order valence-electron chi connectivity index (χ3n) is 1.44. The van der Waals surface area contributed by atoms with Gasteiger partial charge in [0.1, 0.15) is 0 Å². The molecule has 3 N–H and O–H groups in total. The lowest BCUT2D eigenvalue weighted by atomic mass is 10.3. The van der Waals surface area contributed by atoms with Crippen LogP contribution in [-0.4, -0.2) is 13.0 Å². The lowest BCUT2D eigenvalue weighted by Gasteiger charge is -2.15. The second kappa shape index (κ2) is 3.73. The first-order chi connectivity index (χ1) is 5.38. The Morgan fingerprint density at radius 1 is 1.36 bits per heavy atom. The average Bonchev–Trinajstić information content (AvgIpc) is 2.09. The highest BCUT2D eigenvalue weighted by molar-refractivity contribution is 5.76. The molecule has 0 bridgehead atoms. The molecule has 11 heavy (non-hydrogen) atoms. The predicted octanol–water partition coefficient (Wildman–Crippen LogP) is 1.02. The Labute approximate surface area is 65.9 Å². The van der Waals surface area contributed by atoms with Crippen molar-refractivity contribution in [1.29, 1.82) is 5.41 Å². The van der Waals surface area contributed by atoms with Crippen molar-refractivity contribution in [2.75, 3.05) is 11.6 Å². The van der Waals surface area contributed by atoms with E-state index in [-0.39, 0.29) is 0 Å². The molecule has 0 amide bonds. The van der Waals surface area contributed by atoms with Crippen molar-refractivity contribution in [1.82, 2.24) is 0 Å². The number of hydrogen-bond acceptors (Lipinski definition) is 2. The molecule has 0 saturated heterocycles. The molecule has 0 unspecified atom stereocenters. The quantitative estimate of drug-likeness (QED) is 0.383. The molecule has 0 aliphatic rings. The summed E-state index contributed by atoms with van der Waals surface area (Å²) < 4.78 is 0. The van der Waals surface area contributed by atoms with Gasteiger partial charge in [0.15, 0.2) is 0 Å². The maximum Gasteiger partial charge on any atom is 0.0872 e. The van der Waals surface area contributed by atoms with Crippen molar-refractivity contribution in [2.24, 2.45) is 5.73 Å². The molecule has 1 rings (SSSR count). The Balaban J connectivity index is 2.82. The first-order valence-electron chi connectivity index (χ1n) is 3.41. The standard InChI is InChI=1S/C8H11N3/c9-6-11(7-10)8-4-2-1-3-5-8/h1-6,9H,7,10H2. The van der Waals surface area contributed by atoms with Crippen LogP contribution in [0.2, 0.25) is 0 Å². The third kappa shape index (κ3) is 1.78. The van der Waals surface area contributed by atoms with Gasteiger partial charge in [0.25, 0.3) is 0 Å². The number of hydrogen-bond donors (Lipinski definition) is 2. The number of rotatable bonds is 3. The number of nitrogens with two attached hydrogens (primary N) is 1. The zero-order valence-electron chi connectivity index (χ0n) is 6.20. The molecule has 0 fully saturated rings. The predicted molar refractivity (Wildman–Crippen MR) is 46.8 cm³/mol. The van der Waals surface area contributed by atoms with Gasteiger partial charge in [-0.2, -0.15) is 0 Å². The second-order valence-electron chi connectivity index (χ2n) is 2.12. The summed E-state index contributed by atoms with van der Waals surface area (Å²) in [6.45, 7) is 0.341. The zero-order chi connectivity index (χ0) is 8.10. The van der Waals surface area contributed by atoms with Gasteiger partial charge in [-0.05, 0) is 12.1 Å². The molecule has 0 aromatic heterocycles. The van der Waals surface area contributed by atoms with E-state index in [0.29, 0.717) is 6.67 Å². The van der Waals surface area contributed by atoms with E-state index in [0.717, 1.165) is 5.69 Å². The second-order valence-corrected chi connectivity index (χ2v) is 2.12. The molecule has 0 atom stereocenters. The first kappa shape index (κ1) is 7.75. The van der Waals surface area contributed by atoms with E-state index in [4.69, 9.17) is 11.1 Å². The van der Waals surface area contributed by atoms with Crippen molar-refractivity contribution < 1.29 is 0 Å². The molecule has 1 aromatic rings. The van der Waals surface area contributed by atoms with Gasteiger partial charge in [0.05, 0.1) is 13.0 Å². The average molecular weight is 149 g/mol. The van der Waals surface area contributed by atoms with Crippen molar-refractivity contribution >= 4 is 12.0 Å². The molecule has 58 valence electrons. The van der Waals surface area contributed by atoms with Crippen LogP contribution in [0.25, 0.3) is 0 Å². The fourth-order valence-electron chi connectivity index (χ4n) is 0.852. The van der Waals surface area contributed by atoms with E-state index >= 15 is 0 Å². The van der Waals surface area contributed by atoms with Gasteiger partial charge in [0.2, 0.25) is 0 Å². The largest absolute Gasteiger partial charge is 0.320 e. The lowest BCUT2D eigenvalue weighted by molar-refractivity contribution is 1.02. The Kier molecular flexibility index (Phi) is 2.63. The Hall–Kier alpha value is -1.35. The fourth-order valence-corrected chi connectivity index (χ4v) is 0.852. The minimum Gasteiger partial charge on any atom is -0.320 e. The van der Waals surface area contributed by atoms with Gasteiger partial charge in [-0.25, -0.2) is 0 Å². The van der Waals surface area contributed by atoms with E-state index in [2.05, 4.69) is 0 Å². The SMILES string of the molecule is N=CN(CN)c1ccccc1. The van der Waals surface area contributed by atoms with Gasteiger partial charge in [-0.15, -0.1) is 0 Å². The number of nitrogens with zero attached hydrogens (tertiary/aromatic N) is 1. The van der Waals surface area contributed by atoms with Crippen LogP contribution in [0, 0.1) is 5.41 Å². The lowest BCUT2D eigenvalue weighted by Crippen LogP contribution is -2.27. The monoisotopic (exact) mass is 149 g/mol. The summed E-state index contributed by atoms with van der Waals surface area (Å²) in [5.41, 5.74) is 6.34. The number of para-hydroxylation sites is 1. The van der Waals surface area contributed by atoms with Crippen LogP contribution in [-0.2, 0) is 0 Å². The molecule has 0 aliphatic heterocycles. The van der Waals surface area contributed by atoms with E-state index in [9.17, 15) is 0 Å². The molecule has 0 saturated carbocycles. The maximum absolute atomic E-state index is 7.02. The summed E-state index contributed by atoms with van der Waals surface area (Å²) in [5, 5.41) is 7.02. The van der Waals surface area contributed by atoms with E-state index in [1.54, 1.807) is 4.90 Å². The van der Waals surface area contributed by atoms with Crippen LogP contribution in [0.5, 0.6) is 0 Å². The minimum atomic E-state index is 0.341. The summed E-state index contributed by atoms with van der Waals surface area (Å²) in [6.07, 6.45) is 1.22.